The minimum atomic E-state index is 0.745. The van der Waals surface area contributed by atoms with Gasteiger partial charge in [-0.25, -0.2) is 0 Å². The molecular formula is C4H8N. The van der Waals surface area contributed by atoms with Crippen LogP contribution >= 0.6 is 0 Å². The van der Waals surface area contributed by atoms with Crippen molar-refractivity contribution in [3.63, 3.8) is 0 Å². The van der Waals surface area contributed by atoms with Gasteiger partial charge in [-0.2, -0.15) is 0 Å². The highest BCUT2D eigenvalue weighted by atomic mass is 14.7. The summed E-state index contributed by atoms with van der Waals surface area (Å²) in [5.41, 5.74) is 5.28. The second-order valence-corrected chi connectivity index (χ2v) is 1.68. The second-order valence-electron chi connectivity index (χ2n) is 1.68. The van der Waals surface area contributed by atoms with Crippen LogP contribution in [0.4, 0.5) is 0 Å². The van der Waals surface area contributed by atoms with Gasteiger partial charge in [0.05, 0.1) is 0 Å². The van der Waals surface area contributed by atoms with E-state index in [0.29, 0.717) is 0 Å². The Bertz CT molecular complexity index is 36.9. The molecule has 0 heterocycles. The van der Waals surface area contributed by atoms with E-state index in [-0.39, 0.29) is 0 Å². The molecule has 1 radical (unpaired) electrons. The fourth-order valence-electron chi connectivity index (χ4n) is 0.295. The van der Waals surface area contributed by atoms with Crippen molar-refractivity contribution in [3.8, 4) is 0 Å². The lowest BCUT2D eigenvalue weighted by atomic mass is 10.5. The first-order valence-electron chi connectivity index (χ1n) is 1.92. The van der Waals surface area contributed by atoms with Crippen LogP contribution in [0, 0.1) is 12.0 Å². The average Bonchev–Trinajstić information content (AvgIpc) is 1.79. The molecule has 0 aliphatic heterocycles. The predicted molar refractivity (Wildman–Crippen MR) is 21.2 cm³/mol. The molecule has 1 saturated carbocycles. The van der Waals surface area contributed by atoms with Crippen LogP contribution < -0.4 is 5.73 Å². The van der Waals surface area contributed by atoms with Crippen LogP contribution in [0.3, 0.4) is 0 Å². The van der Waals surface area contributed by atoms with Gasteiger partial charge < -0.3 is 5.73 Å². The fourth-order valence-corrected chi connectivity index (χ4v) is 0.295. The van der Waals surface area contributed by atoms with E-state index in [2.05, 4.69) is 6.92 Å². The Balaban J connectivity index is 2.20. The van der Waals surface area contributed by atoms with E-state index in [1.807, 2.05) is 0 Å². The molecule has 0 aromatic heterocycles. The molecule has 5 heavy (non-hydrogen) atoms. The normalized spacial score (nSPS) is 38.4. The first-order valence-corrected chi connectivity index (χ1v) is 1.92. The molecule has 1 atom stereocenters. The van der Waals surface area contributed by atoms with Crippen molar-refractivity contribution in [2.24, 2.45) is 11.7 Å². The van der Waals surface area contributed by atoms with E-state index in [1.165, 1.54) is 12.5 Å². The topological polar surface area (TPSA) is 26.0 Å². The quantitative estimate of drug-likeness (QED) is 0.441. The molecule has 1 rings (SSSR count). The van der Waals surface area contributed by atoms with Crippen LogP contribution in [-0.4, -0.2) is 0 Å². The van der Waals surface area contributed by atoms with Gasteiger partial charge in [0.15, 0.2) is 0 Å². The minimum absolute atomic E-state index is 0.745. The van der Waals surface area contributed by atoms with Crippen LogP contribution in [0.25, 0.3) is 0 Å². The molecule has 0 spiro atoms. The number of hydrogen-bond acceptors (Lipinski definition) is 1. The van der Waals surface area contributed by atoms with Crippen LogP contribution in [0.2, 0.25) is 0 Å². The molecule has 1 heteroatoms. The molecule has 1 unspecified atom stereocenters. The zero-order valence-electron chi connectivity index (χ0n) is 3.36. The van der Waals surface area contributed by atoms with Gasteiger partial charge in [0.2, 0.25) is 0 Å². The van der Waals surface area contributed by atoms with Crippen molar-refractivity contribution in [3.05, 3.63) is 6.04 Å². The van der Waals surface area contributed by atoms with Gasteiger partial charge >= 0.3 is 0 Å². The summed E-state index contributed by atoms with van der Waals surface area (Å²) in [5.74, 6) is 0.745. The molecule has 2 N–H and O–H groups in total. The minimum Gasteiger partial charge on any atom is -0.323 e. The van der Waals surface area contributed by atoms with Crippen molar-refractivity contribution in [2.75, 3.05) is 0 Å². The molecule has 0 amide bonds. The van der Waals surface area contributed by atoms with Crippen molar-refractivity contribution >= 4 is 0 Å². The maximum atomic E-state index is 5.28. The van der Waals surface area contributed by atoms with Gasteiger partial charge in [0.25, 0.3) is 0 Å². The van der Waals surface area contributed by atoms with Crippen LogP contribution in [-0.2, 0) is 0 Å². The third-order valence-electron chi connectivity index (χ3n) is 1.01. The van der Waals surface area contributed by atoms with Crippen LogP contribution in [0.1, 0.15) is 13.3 Å². The van der Waals surface area contributed by atoms with Gasteiger partial charge in [0.1, 0.15) is 0 Å². The molecule has 29 valence electrons. The Hall–Kier alpha value is -0.0400. The van der Waals surface area contributed by atoms with Gasteiger partial charge in [-0.3, -0.25) is 0 Å². The highest BCUT2D eigenvalue weighted by molar-refractivity contribution is 5.05. The van der Waals surface area contributed by atoms with Crippen LogP contribution in [0.5, 0.6) is 0 Å². The highest BCUT2D eigenvalue weighted by Gasteiger charge is 2.28. The van der Waals surface area contributed by atoms with Gasteiger partial charge in [-0.1, -0.05) is 6.92 Å². The molecule has 0 aromatic rings. The number of rotatable bonds is 0. The molecule has 1 aliphatic carbocycles. The SMILES string of the molecule is CC1C[C]1N. The average molecular weight is 70.1 g/mol. The first-order chi connectivity index (χ1) is 2.30. The maximum absolute atomic E-state index is 5.28. The summed E-state index contributed by atoms with van der Waals surface area (Å²) in [7, 11) is 0. The first kappa shape index (κ1) is 3.16. The summed E-state index contributed by atoms with van der Waals surface area (Å²) in [6.45, 7) is 2.13. The molecule has 0 saturated heterocycles. The van der Waals surface area contributed by atoms with E-state index >= 15 is 0 Å². The van der Waals surface area contributed by atoms with Gasteiger partial charge in [-0.15, -0.1) is 0 Å². The lowest BCUT2D eigenvalue weighted by Gasteiger charge is -1.67. The van der Waals surface area contributed by atoms with E-state index in [0.717, 1.165) is 5.92 Å². The highest BCUT2D eigenvalue weighted by Crippen LogP contribution is 2.33. The van der Waals surface area contributed by atoms with Gasteiger partial charge in [-0.05, 0) is 12.3 Å². The van der Waals surface area contributed by atoms with Crippen molar-refractivity contribution in [1.82, 2.24) is 0 Å². The largest absolute Gasteiger partial charge is 0.323 e. The van der Waals surface area contributed by atoms with Crippen LogP contribution in [0.15, 0.2) is 0 Å². The molecule has 1 fully saturated rings. The van der Waals surface area contributed by atoms with E-state index in [4.69, 9.17) is 5.73 Å². The van der Waals surface area contributed by atoms with E-state index in [1.54, 1.807) is 0 Å². The van der Waals surface area contributed by atoms with Gasteiger partial charge in [0, 0.05) is 6.04 Å². The van der Waals surface area contributed by atoms with E-state index < -0.39 is 0 Å². The predicted octanol–water partition coefficient (Wildman–Crippen LogP) is 0.517. The summed E-state index contributed by atoms with van der Waals surface area (Å²) < 4.78 is 0. The molecule has 1 nitrogen and oxygen atoms in total. The zero-order valence-corrected chi connectivity index (χ0v) is 3.36. The summed E-state index contributed by atoms with van der Waals surface area (Å²) in [5, 5.41) is 0. The molecule has 0 bridgehead atoms. The number of hydrogen-bond donors (Lipinski definition) is 1. The fraction of sp³-hybridized carbons (Fsp3) is 0.750. The Labute approximate surface area is 32.2 Å². The lowest BCUT2D eigenvalue weighted by Crippen LogP contribution is -1.87. The summed E-state index contributed by atoms with van der Waals surface area (Å²) >= 11 is 0. The Morgan fingerprint density at radius 1 is 2.00 bits per heavy atom. The zero-order chi connectivity index (χ0) is 3.86. The Morgan fingerprint density at radius 2 is 2.20 bits per heavy atom. The molecule has 0 aromatic carbocycles. The number of nitrogens with two attached hydrogens (primary N) is 1. The Morgan fingerprint density at radius 3 is 2.20 bits per heavy atom. The summed E-state index contributed by atoms with van der Waals surface area (Å²) in [4.78, 5) is 0. The summed E-state index contributed by atoms with van der Waals surface area (Å²) in [6, 6.07) is 1.17. The third-order valence-corrected chi connectivity index (χ3v) is 1.01. The summed E-state index contributed by atoms with van der Waals surface area (Å²) in [6.07, 6.45) is 1.17. The third kappa shape index (κ3) is 0.428. The lowest BCUT2D eigenvalue weighted by molar-refractivity contribution is 0.979. The standard InChI is InChI=1S/C4H8N/c1-3-2-4(3)5/h3H,2,5H2,1H3. The maximum Gasteiger partial charge on any atom is 0.0369 e. The molecular weight excluding hydrogens is 62.1 g/mol. The monoisotopic (exact) mass is 70.1 g/mol. The molecule has 1 aliphatic rings. The van der Waals surface area contributed by atoms with Crippen molar-refractivity contribution in [1.29, 1.82) is 0 Å². The Kier molecular flexibility index (Phi) is 0.453. The second kappa shape index (κ2) is 0.716. The van der Waals surface area contributed by atoms with Crippen molar-refractivity contribution < 1.29 is 0 Å². The smallest absolute Gasteiger partial charge is 0.0369 e. The van der Waals surface area contributed by atoms with Crippen molar-refractivity contribution in [2.45, 2.75) is 13.3 Å². The van der Waals surface area contributed by atoms with E-state index in [9.17, 15) is 0 Å².